The lowest BCUT2D eigenvalue weighted by Crippen LogP contribution is -1.90. The monoisotopic (exact) mass is 230 g/mol. The van der Waals surface area contributed by atoms with Crippen LogP contribution in [0.2, 0.25) is 10.0 Å². The maximum atomic E-state index is 10.4. The van der Waals surface area contributed by atoms with Gasteiger partial charge < -0.3 is 5.11 Å². The molecule has 0 spiro atoms. The number of rotatable bonds is 2. The minimum absolute atomic E-state index is 0.419. The number of carboxylic acids is 1. The first-order valence-corrected chi connectivity index (χ1v) is 4.63. The first kappa shape index (κ1) is 11.1. The molecule has 0 atom stereocenters. The molecule has 0 aliphatic rings. The van der Waals surface area contributed by atoms with Gasteiger partial charge >= 0.3 is 5.97 Å². The zero-order chi connectivity index (χ0) is 10.7. The van der Waals surface area contributed by atoms with E-state index in [9.17, 15) is 4.79 Å². The summed E-state index contributed by atoms with van der Waals surface area (Å²) in [6.45, 7) is 1.70. The van der Waals surface area contributed by atoms with E-state index in [-0.39, 0.29) is 0 Å². The first-order chi connectivity index (χ1) is 6.50. The lowest BCUT2D eigenvalue weighted by Gasteiger charge is -2.02. The fraction of sp³-hybridized carbons (Fsp3) is 0.100. The van der Waals surface area contributed by atoms with Crippen molar-refractivity contribution in [3.63, 3.8) is 0 Å². The van der Waals surface area contributed by atoms with Gasteiger partial charge in [0.2, 0.25) is 0 Å². The van der Waals surface area contributed by atoms with Crippen LogP contribution in [-0.2, 0) is 4.79 Å². The number of benzene rings is 1. The van der Waals surface area contributed by atoms with Crippen LogP contribution >= 0.6 is 23.2 Å². The molecule has 0 unspecified atom stereocenters. The summed E-state index contributed by atoms with van der Waals surface area (Å²) in [6, 6.07) is 5.00. The molecule has 0 saturated heterocycles. The van der Waals surface area contributed by atoms with Crippen molar-refractivity contribution in [2.75, 3.05) is 0 Å². The maximum absolute atomic E-state index is 10.4. The van der Waals surface area contributed by atoms with Gasteiger partial charge in [-0.3, -0.25) is 0 Å². The minimum Gasteiger partial charge on any atom is -0.478 e. The average molecular weight is 231 g/mol. The van der Waals surface area contributed by atoms with Crippen LogP contribution in [0.1, 0.15) is 12.5 Å². The van der Waals surface area contributed by atoms with Gasteiger partial charge in [0, 0.05) is 6.08 Å². The topological polar surface area (TPSA) is 37.3 Å². The molecule has 2 nitrogen and oxygen atoms in total. The third kappa shape index (κ3) is 2.76. The van der Waals surface area contributed by atoms with Crippen LogP contribution in [0.4, 0.5) is 0 Å². The van der Waals surface area contributed by atoms with E-state index >= 15 is 0 Å². The zero-order valence-electron chi connectivity index (χ0n) is 7.42. The number of halogens is 2. The van der Waals surface area contributed by atoms with Crippen molar-refractivity contribution < 1.29 is 9.90 Å². The minimum atomic E-state index is -0.978. The standard InChI is InChI=1S/C10H8Cl2O2/c1-6(4-10(13)14)7-2-3-8(11)9(12)5-7/h2-5H,1H3,(H,13,14)/b6-4+. The number of carboxylic acid groups (broad SMARTS) is 1. The van der Waals surface area contributed by atoms with Crippen molar-refractivity contribution in [3.8, 4) is 0 Å². The van der Waals surface area contributed by atoms with Crippen LogP contribution in [0.3, 0.4) is 0 Å². The quantitative estimate of drug-likeness (QED) is 0.791. The molecule has 0 amide bonds. The van der Waals surface area contributed by atoms with Crippen LogP contribution < -0.4 is 0 Å². The van der Waals surface area contributed by atoms with Gasteiger partial charge in [-0.2, -0.15) is 0 Å². The fourth-order valence-electron chi connectivity index (χ4n) is 1.01. The predicted molar refractivity (Wildman–Crippen MR) is 57.7 cm³/mol. The Morgan fingerprint density at radius 1 is 1.36 bits per heavy atom. The highest BCUT2D eigenvalue weighted by molar-refractivity contribution is 6.42. The molecular formula is C10H8Cl2O2. The zero-order valence-corrected chi connectivity index (χ0v) is 8.93. The summed E-state index contributed by atoms with van der Waals surface area (Å²) < 4.78 is 0. The first-order valence-electron chi connectivity index (χ1n) is 3.87. The van der Waals surface area contributed by atoms with E-state index in [2.05, 4.69) is 0 Å². The van der Waals surface area contributed by atoms with Crippen LogP contribution in [0.5, 0.6) is 0 Å². The lowest BCUT2D eigenvalue weighted by molar-refractivity contribution is -0.131. The van der Waals surface area contributed by atoms with Gasteiger partial charge in [0.05, 0.1) is 10.0 Å². The summed E-state index contributed by atoms with van der Waals surface area (Å²) in [5.41, 5.74) is 1.39. The molecule has 1 N–H and O–H groups in total. The molecule has 0 bridgehead atoms. The highest BCUT2D eigenvalue weighted by atomic mass is 35.5. The Balaban J connectivity index is 3.09. The van der Waals surface area contributed by atoms with E-state index < -0.39 is 5.97 Å². The van der Waals surface area contributed by atoms with Gasteiger partial charge in [0.25, 0.3) is 0 Å². The molecule has 0 aliphatic carbocycles. The normalized spacial score (nSPS) is 11.5. The van der Waals surface area contributed by atoms with E-state index in [1.54, 1.807) is 25.1 Å². The summed E-state index contributed by atoms with van der Waals surface area (Å²) >= 11 is 11.5. The molecule has 0 fully saturated rings. The smallest absolute Gasteiger partial charge is 0.328 e. The number of hydrogen-bond acceptors (Lipinski definition) is 1. The second-order valence-electron chi connectivity index (χ2n) is 2.79. The van der Waals surface area contributed by atoms with Crippen LogP contribution in [-0.4, -0.2) is 11.1 Å². The van der Waals surface area contributed by atoms with Crippen LogP contribution in [0.25, 0.3) is 5.57 Å². The highest BCUT2D eigenvalue weighted by Crippen LogP contribution is 2.25. The Morgan fingerprint density at radius 2 is 2.00 bits per heavy atom. The van der Waals surface area contributed by atoms with Crippen molar-refractivity contribution in [2.24, 2.45) is 0 Å². The van der Waals surface area contributed by atoms with Crippen molar-refractivity contribution >= 4 is 34.7 Å². The fourth-order valence-corrected chi connectivity index (χ4v) is 1.31. The number of hydrogen-bond donors (Lipinski definition) is 1. The van der Waals surface area contributed by atoms with E-state index in [4.69, 9.17) is 28.3 Å². The summed E-state index contributed by atoms with van der Waals surface area (Å²) in [7, 11) is 0. The summed E-state index contributed by atoms with van der Waals surface area (Å²) in [6.07, 6.45) is 1.12. The average Bonchev–Trinajstić information content (AvgIpc) is 2.08. The van der Waals surface area contributed by atoms with E-state index in [1.807, 2.05) is 0 Å². The Hall–Kier alpha value is -0.990. The molecule has 0 aliphatic heterocycles. The van der Waals surface area contributed by atoms with Gasteiger partial charge in [-0.1, -0.05) is 29.3 Å². The van der Waals surface area contributed by atoms with Crippen molar-refractivity contribution in [1.29, 1.82) is 0 Å². The Labute approximate surface area is 91.8 Å². The highest BCUT2D eigenvalue weighted by Gasteiger charge is 2.02. The Kier molecular flexibility index (Phi) is 3.55. The van der Waals surface area contributed by atoms with Gasteiger partial charge in [0.1, 0.15) is 0 Å². The summed E-state index contributed by atoms with van der Waals surface area (Å²) in [4.78, 5) is 10.4. The molecule has 74 valence electrons. The summed E-state index contributed by atoms with van der Waals surface area (Å²) in [5.74, 6) is -0.978. The molecule has 0 aromatic heterocycles. The maximum Gasteiger partial charge on any atom is 0.328 e. The molecule has 4 heteroatoms. The van der Waals surface area contributed by atoms with Gasteiger partial charge in [-0.25, -0.2) is 4.79 Å². The molecule has 1 rings (SSSR count). The van der Waals surface area contributed by atoms with Crippen molar-refractivity contribution in [3.05, 3.63) is 39.9 Å². The second kappa shape index (κ2) is 4.49. The molecule has 0 heterocycles. The van der Waals surface area contributed by atoms with Crippen molar-refractivity contribution in [2.45, 2.75) is 6.92 Å². The molecule has 0 radical (unpaired) electrons. The Morgan fingerprint density at radius 3 is 2.50 bits per heavy atom. The van der Waals surface area contributed by atoms with Crippen molar-refractivity contribution in [1.82, 2.24) is 0 Å². The number of aliphatic carboxylic acids is 1. The Bertz CT molecular complexity index is 397. The van der Waals surface area contributed by atoms with E-state index in [1.165, 1.54) is 0 Å². The molecule has 0 saturated carbocycles. The van der Waals surface area contributed by atoms with Crippen LogP contribution in [0.15, 0.2) is 24.3 Å². The molecule has 1 aromatic carbocycles. The number of carbonyl (C=O) groups is 1. The third-order valence-corrected chi connectivity index (χ3v) is 2.45. The largest absolute Gasteiger partial charge is 0.478 e. The van der Waals surface area contributed by atoms with Gasteiger partial charge in [-0.15, -0.1) is 0 Å². The number of allylic oxidation sites excluding steroid dienone is 1. The van der Waals surface area contributed by atoms with Gasteiger partial charge in [-0.05, 0) is 30.2 Å². The lowest BCUT2D eigenvalue weighted by atomic mass is 10.1. The van der Waals surface area contributed by atoms with E-state index in [0.717, 1.165) is 11.6 Å². The van der Waals surface area contributed by atoms with Gasteiger partial charge in [0.15, 0.2) is 0 Å². The molecular weight excluding hydrogens is 223 g/mol. The predicted octanol–water partition coefficient (Wildman–Crippen LogP) is 3.48. The third-order valence-electron chi connectivity index (χ3n) is 1.71. The molecule has 14 heavy (non-hydrogen) atoms. The van der Waals surface area contributed by atoms with Crippen LogP contribution in [0, 0.1) is 0 Å². The molecule has 1 aromatic rings. The van der Waals surface area contributed by atoms with E-state index in [0.29, 0.717) is 15.6 Å². The summed E-state index contributed by atoms with van der Waals surface area (Å²) in [5, 5.41) is 9.41. The second-order valence-corrected chi connectivity index (χ2v) is 3.61. The SMILES string of the molecule is C/C(=C\C(=O)O)c1ccc(Cl)c(Cl)c1.